The predicted octanol–water partition coefficient (Wildman–Crippen LogP) is 6.19. The SMILES string of the molecule is CC.CC.CC.CC.CCC(=O)C1CCC(C(=O)N2CCC(N3CCC(N4CCN(C)CC4)C3)CC2)CC1. The topological polar surface area (TPSA) is 47.1 Å². The van der Waals surface area contributed by atoms with Crippen LogP contribution in [0.1, 0.15) is 114 Å². The quantitative estimate of drug-likeness (QED) is 0.418. The molecule has 1 aliphatic carbocycles. The fourth-order valence-electron chi connectivity index (χ4n) is 6.25. The zero-order valence-corrected chi connectivity index (χ0v) is 27.2. The molecule has 226 valence electrons. The van der Waals surface area contributed by atoms with Gasteiger partial charge in [0.05, 0.1) is 0 Å². The van der Waals surface area contributed by atoms with Crippen molar-refractivity contribution in [1.82, 2.24) is 19.6 Å². The number of Topliss-reactive ketones (excluding diaryl/α,β-unsaturated/α-hetero) is 1. The number of hydrogen-bond donors (Lipinski definition) is 0. The van der Waals surface area contributed by atoms with Crippen LogP contribution < -0.4 is 0 Å². The molecule has 0 N–H and O–H groups in total. The number of rotatable bonds is 5. The number of amides is 1. The van der Waals surface area contributed by atoms with Crippen molar-refractivity contribution in [1.29, 1.82) is 0 Å². The second-order valence-corrected chi connectivity index (χ2v) is 10.2. The number of likely N-dealkylation sites (tertiary alicyclic amines) is 2. The lowest BCUT2D eigenvalue weighted by molar-refractivity contribution is -0.139. The number of nitrogens with zero attached hydrogens (tertiary/aromatic N) is 4. The van der Waals surface area contributed by atoms with Gasteiger partial charge in [-0.15, -0.1) is 0 Å². The normalized spacial score (nSPS) is 26.8. The zero-order chi connectivity index (χ0) is 29.1. The lowest BCUT2D eigenvalue weighted by Crippen LogP contribution is -2.51. The predicted molar refractivity (Wildman–Crippen MR) is 165 cm³/mol. The second kappa shape index (κ2) is 21.8. The van der Waals surface area contributed by atoms with Crippen molar-refractivity contribution in [2.45, 2.75) is 126 Å². The van der Waals surface area contributed by atoms with E-state index in [-0.39, 0.29) is 11.8 Å². The van der Waals surface area contributed by atoms with Crippen LogP contribution in [-0.4, -0.2) is 103 Å². The Morgan fingerprint density at radius 2 is 1.05 bits per heavy atom. The highest BCUT2D eigenvalue weighted by atomic mass is 16.2. The third-order valence-corrected chi connectivity index (χ3v) is 8.42. The van der Waals surface area contributed by atoms with Crippen molar-refractivity contribution >= 4 is 11.7 Å². The molecule has 6 nitrogen and oxygen atoms in total. The summed E-state index contributed by atoms with van der Waals surface area (Å²) >= 11 is 0. The molecule has 0 aromatic heterocycles. The lowest BCUT2D eigenvalue weighted by atomic mass is 9.79. The molecule has 4 rings (SSSR count). The number of carbonyl (C=O) groups excluding carboxylic acids is 2. The molecule has 3 saturated heterocycles. The van der Waals surface area contributed by atoms with Gasteiger partial charge in [-0.2, -0.15) is 0 Å². The van der Waals surface area contributed by atoms with Crippen LogP contribution in [0.5, 0.6) is 0 Å². The highest BCUT2D eigenvalue weighted by Gasteiger charge is 2.36. The molecule has 1 atom stereocenters. The Morgan fingerprint density at radius 1 is 0.579 bits per heavy atom. The molecule has 1 amide bonds. The summed E-state index contributed by atoms with van der Waals surface area (Å²) in [5.74, 6) is 1.14. The minimum absolute atomic E-state index is 0.163. The van der Waals surface area contributed by atoms with Crippen LogP contribution in [0.4, 0.5) is 0 Å². The minimum atomic E-state index is 0.163. The van der Waals surface area contributed by atoms with E-state index in [2.05, 4.69) is 26.6 Å². The molecule has 3 heterocycles. The van der Waals surface area contributed by atoms with Crippen molar-refractivity contribution in [3.8, 4) is 0 Å². The van der Waals surface area contributed by atoms with Crippen LogP contribution in [-0.2, 0) is 9.59 Å². The van der Waals surface area contributed by atoms with Gasteiger partial charge in [0.1, 0.15) is 5.78 Å². The van der Waals surface area contributed by atoms with Gasteiger partial charge in [-0.25, -0.2) is 0 Å². The van der Waals surface area contributed by atoms with Gasteiger partial charge in [-0.1, -0.05) is 62.3 Å². The molecule has 0 spiro atoms. The number of ketones is 1. The van der Waals surface area contributed by atoms with Crippen molar-refractivity contribution in [2.75, 3.05) is 59.4 Å². The Balaban J connectivity index is 0.00000157. The standard InChI is InChI=1S/C24H42N4O2.4C2H6/c1-3-23(29)19-4-6-20(7-5-19)24(30)27-11-8-21(9-12-27)28-13-10-22(18-28)26-16-14-25(2)15-17-26;4*1-2/h19-22H,3-18H2,1-2H3;4*1-2H3. The van der Waals surface area contributed by atoms with Gasteiger partial charge in [0.2, 0.25) is 5.91 Å². The monoisotopic (exact) mass is 539 g/mol. The summed E-state index contributed by atoms with van der Waals surface area (Å²) in [5, 5.41) is 0. The second-order valence-electron chi connectivity index (χ2n) is 10.2. The van der Waals surface area contributed by atoms with E-state index >= 15 is 0 Å². The molecular formula is C32H66N4O2. The Bertz CT molecular complexity index is 590. The minimum Gasteiger partial charge on any atom is -0.342 e. The first-order valence-corrected chi connectivity index (χ1v) is 16.5. The number of carbonyl (C=O) groups is 2. The Labute approximate surface area is 237 Å². The van der Waals surface area contributed by atoms with E-state index in [4.69, 9.17) is 0 Å². The molecule has 0 aromatic carbocycles. The average molecular weight is 539 g/mol. The van der Waals surface area contributed by atoms with Gasteiger partial charge >= 0.3 is 0 Å². The number of likely N-dealkylation sites (N-methyl/N-ethyl adjacent to an activating group) is 1. The highest BCUT2D eigenvalue weighted by Crippen LogP contribution is 2.32. The van der Waals surface area contributed by atoms with Crippen LogP contribution in [0.3, 0.4) is 0 Å². The van der Waals surface area contributed by atoms with Crippen molar-refractivity contribution in [3.05, 3.63) is 0 Å². The van der Waals surface area contributed by atoms with E-state index in [0.717, 1.165) is 57.7 Å². The van der Waals surface area contributed by atoms with Gasteiger partial charge in [0.25, 0.3) is 0 Å². The van der Waals surface area contributed by atoms with E-state index in [1.54, 1.807) is 0 Å². The Kier molecular flexibility index (Phi) is 21.2. The lowest BCUT2D eigenvalue weighted by Gasteiger charge is -2.40. The molecule has 6 heteroatoms. The van der Waals surface area contributed by atoms with Gasteiger partial charge in [-0.3, -0.25) is 19.4 Å². The van der Waals surface area contributed by atoms with Gasteiger partial charge in [0.15, 0.2) is 0 Å². The Hall–Kier alpha value is -0.980. The maximum Gasteiger partial charge on any atom is 0.225 e. The molecule has 0 bridgehead atoms. The highest BCUT2D eigenvalue weighted by molar-refractivity contribution is 5.82. The third-order valence-electron chi connectivity index (χ3n) is 8.42. The molecule has 4 fully saturated rings. The van der Waals surface area contributed by atoms with E-state index in [1.165, 1.54) is 45.7 Å². The maximum absolute atomic E-state index is 13.0. The third kappa shape index (κ3) is 11.3. The molecule has 1 unspecified atom stereocenters. The summed E-state index contributed by atoms with van der Waals surface area (Å²) in [7, 11) is 2.23. The molecule has 38 heavy (non-hydrogen) atoms. The van der Waals surface area contributed by atoms with Crippen molar-refractivity contribution in [2.24, 2.45) is 11.8 Å². The van der Waals surface area contributed by atoms with E-state index in [9.17, 15) is 9.59 Å². The van der Waals surface area contributed by atoms with E-state index < -0.39 is 0 Å². The summed E-state index contributed by atoms with van der Waals surface area (Å²) in [6, 6.07) is 1.39. The molecule has 3 aliphatic heterocycles. The first kappa shape index (κ1) is 37.0. The summed E-state index contributed by atoms with van der Waals surface area (Å²) in [4.78, 5) is 35.0. The van der Waals surface area contributed by atoms with Crippen LogP contribution in [0.15, 0.2) is 0 Å². The molecule has 0 radical (unpaired) electrons. The van der Waals surface area contributed by atoms with Crippen LogP contribution >= 0.6 is 0 Å². The van der Waals surface area contributed by atoms with Crippen LogP contribution in [0, 0.1) is 11.8 Å². The summed E-state index contributed by atoms with van der Waals surface area (Å²) in [5.41, 5.74) is 0. The van der Waals surface area contributed by atoms with Crippen LogP contribution in [0.25, 0.3) is 0 Å². The maximum atomic E-state index is 13.0. The van der Waals surface area contributed by atoms with Crippen molar-refractivity contribution in [3.63, 3.8) is 0 Å². The Morgan fingerprint density at radius 3 is 1.55 bits per heavy atom. The summed E-state index contributed by atoms with van der Waals surface area (Å²) in [6.45, 7) is 27.1. The van der Waals surface area contributed by atoms with E-state index in [0.29, 0.717) is 24.2 Å². The average Bonchev–Trinajstić information content (AvgIpc) is 3.51. The largest absolute Gasteiger partial charge is 0.342 e. The number of hydrogen-bond acceptors (Lipinski definition) is 5. The van der Waals surface area contributed by atoms with Gasteiger partial charge < -0.3 is 9.80 Å². The zero-order valence-electron chi connectivity index (χ0n) is 27.2. The molecule has 0 aromatic rings. The van der Waals surface area contributed by atoms with Crippen molar-refractivity contribution < 1.29 is 9.59 Å². The smallest absolute Gasteiger partial charge is 0.225 e. The molecular weight excluding hydrogens is 472 g/mol. The number of piperidine rings is 1. The van der Waals surface area contributed by atoms with Gasteiger partial charge in [0, 0.05) is 82.7 Å². The first-order valence-electron chi connectivity index (χ1n) is 16.5. The molecule has 4 aliphatic rings. The summed E-state index contributed by atoms with van der Waals surface area (Å²) in [6.07, 6.45) is 7.87. The van der Waals surface area contributed by atoms with Gasteiger partial charge in [-0.05, 0) is 52.0 Å². The fraction of sp³-hybridized carbons (Fsp3) is 0.938. The first-order chi connectivity index (χ1) is 18.5. The van der Waals surface area contributed by atoms with E-state index in [1.807, 2.05) is 62.3 Å². The summed E-state index contributed by atoms with van der Waals surface area (Å²) < 4.78 is 0. The fourth-order valence-corrected chi connectivity index (χ4v) is 6.25. The van der Waals surface area contributed by atoms with Crippen LogP contribution in [0.2, 0.25) is 0 Å². The number of piperazine rings is 1. The molecule has 1 saturated carbocycles.